The summed E-state index contributed by atoms with van der Waals surface area (Å²) in [6.45, 7) is 5.05. The van der Waals surface area contributed by atoms with Crippen LogP contribution in [-0.2, 0) is 12.8 Å². The fourth-order valence-electron chi connectivity index (χ4n) is 5.39. The number of nitrogens with zero attached hydrogens (tertiary/aromatic N) is 2. The van der Waals surface area contributed by atoms with E-state index < -0.39 is 5.60 Å². The van der Waals surface area contributed by atoms with Crippen molar-refractivity contribution >= 4 is 23.3 Å². The summed E-state index contributed by atoms with van der Waals surface area (Å²) in [6.07, 6.45) is 1.64. The van der Waals surface area contributed by atoms with Crippen molar-refractivity contribution in [1.29, 1.82) is 0 Å². The molecule has 0 radical (unpaired) electrons. The van der Waals surface area contributed by atoms with Crippen LogP contribution in [0.4, 0.5) is 11.4 Å². The lowest BCUT2D eigenvalue weighted by atomic mass is 9.93. The molecule has 4 aromatic carbocycles. The molecule has 6 rings (SSSR count). The summed E-state index contributed by atoms with van der Waals surface area (Å²) in [5, 5.41) is 23.6. The summed E-state index contributed by atoms with van der Waals surface area (Å²) >= 11 is 0. The molecule has 4 aromatic rings. The minimum Gasteiger partial charge on any atom is -0.492 e. The number of aliphatic hydroxyl groups is 1. The molecule has 2 aliphatic heterocycles. The molecule has 0 aromatic heterocycles. The fraction of sp³-hybridized carbons (Fsp3) is 0.316. The number of hydrogen-bond acceptors (Lipinski definition) is 11. The van der Waals surface area contributed by atoms with Crippen LogP contribution in [0.5, 0.6) is 11.5 Å². The Morgan fingerprint density at radius 2 is 1.22 bits per heavy atom. The highest BCUT2D eigenvalue weighted by molar-refractivity contribution is 5.81. The minimum atomic E-state index is -0.854. The molecule has 49 heavy (non-hydrogen) atoms. The van der Waals surface area contributed by atoms with Gasteiger partial charge in [-0.05, 0) is 72.0 Å². The van der Waals surface area contributed by atoms with E-state index in [1.165, 1.54) is 5.56 Å². The molecule has 0 spiro atoms. The van der Waals surface area contributed by atoms with E-state index in [4.69, 9.17) is 20.9 Å². The molecule has 0 saturated heterocycles. The van der Waals surface area contributed by atoms with Gasteiger partial charge in [0.05, 0.1) is 19.6 Å². The van der Waals surface area contributed by atoms with Gasteiger partial charge >= 0.3 is 0 Å². The molecule has 2 aliphatic rings. The Morgan fingerprint density at radius 3 is 1.71 bits per heavy atom. The van der Waals surface area contributed by atoms with Gasteiger partial charge in [0.25, 0.3) is 0 Å². The third-order valence-electron chi connectivity index (χ3n) is 8.01. The Morgan fingerprint density at radius 1 is 0.694 bits per heavy atom. The predicted molar refractivity (Wildman–Crippen MR) is 198 cm³/mol. The Hall–Kier alpha value is -5.42. The lowest BCUT2D eigenvalue weighted by Crippen LogP contribution is -2.54. The van der Waals surface area contributed by atoms with Gasteiger partial charge in [-0.2, -0.15) is 0 Å². The third-order valence-corrected chi connectivity index (χ3v) is 8.01. The molecular formula is C38H48N8O3. The van der Waals surface area contributed by atoms with Crippen LogP contribution in [0.25, 0.3) is 0 Å². The first kappa shape index (κ1) is 34.9. The van der Waals surface area contributed by atoms with Crippen LogP contribution in [0, 0.1) is 5.92 Å². The lowest BCUT2D eigenvalue weighted by Gasteiger charge is -2.32. The Balaban J connectivity index is 0.000000191. The van der Waals surface area contributed by atoms with Crippen molar-refractivity contribution in [3.8, 4) is 11.5 Å². The molecule has 0 saturated carbocycles. The second-order valence-electron chi connectivity index (χ2n) is 12.2. The highest BCUT2D eigenvalue weighted by Gasteiger charge is 2.30. The molecule has 258 valence electrons. The van der Waals surface area contributed by atoms with Crippen molar-refractivity contribution in [3.63, 3.8) is 0 Å². The number of rotatable bonds is 12. The molecule has 0 amide bonds. The minimum absolute atomic E-state index is 0.371. The monoisotopic (exact) mass is 664 g/mol. The van der Waals surface area contributed by atoms with E-state index in [9.17, 15) is 5.11 Å². The zero-order chi connectivity index (χ0) is 34.2. The second-order valence-corrected chi connectivity index (χ2v) is 12.2. The zero-order valence-electron chi connectivity index (χ0n) is 27.9. The number of nitrogens with two attached hydrogens (primary N) is 2. The number of nitrogens with one attached hydrogen (secondary N) is 4. The van der Waals surface area contributed by atoms with Gasteiger partial charge < -0.3 is 47.3 Å². The number of guanidine groups is 2. The predicted octanol–water partition coefficient (Wildman–Crippen LogP) is 3.23. The number of benzene rings is 4. The van der Waals surface area contributed by atoms with Gasteiger partial charge in [-0.3, -0.25) is 9.98 Å². The van der Waals surface area contributed by atoms with Crippen molar-refractivity contribution in [3.05, 3.63) is 120 Å². The van der Waals surface area contributed by atoms with E-state index in [2.05, 4.69) is 61.6 Å². The standard InChI is InChI=1S/C19H24N4O2.C19H24N4O/c20-16-6-8-17(9-7-16)25-11-10-21-18-22-13-19(24,14-23-18)12-15-4-2-1-3-5-15;20-17-6-8-18(9-7-17)24-11-10-21-19-22-13-16(14-23-19)12-15-4-2-1-3-5-15/h1-9,24H,10-14,20H2,(H2,21,22,23);1-9,16H,10-14,20H2,(H2,21,22,23). The molecule has 0 aliphatic carbocycles. The number of nitrogen functional groups attached to an aromatic ring is 2. The third kappa shape index (κ3) is 12.3. The van der Waals surface area contributed by atoms with Crippen LogP contribution in [0.15, 0.2) is 119 Å². The summed E-state index contributed by atoms with van der Waals surface area (Å²) in [4.78, 5) is 8.99. The summed E-state index contributed by atoms with van der Waals surface area (Å²) in [6, 6.07) is 35.3. The molecule has 2 atom stereocenters. The average Bonchev–Trinajstić information content (AvgIpc) is 3.13. The number of ether oxygens (including phenoxy) is 2. The van der Waals surface area contributed by atoms with E-state index in [0.717, 1.165) is 48.2 Å². The van der Waals surface area contributed by atoms with Crippen LogP contribution < -0.4 is 42.2 Å². The second kappa shape index (κ2) is 18.2. The van der Waals surface area contributed by atoms with E-state index in [0.29, 0.717) is 63.4 Å². The van der Waals surface area contributed by atoms with Crippen molar-refractivity contribution in [2.45, 2.75) is 18.4 Å². The maximum atomic E-state index is 10.7. The Kier molecular flexibility index (Phi) is 13.0. The van der Waals surface area contributed by atoms with Gasteiger partial charge in [0.15, 0.2) is 11.9 Å². The topological polar surface area (TPSA) is 164 Å². The van der Waals surface area contributed by atoms with Gasteiger partial charge in [-0.1, -0.05) is 60.7 Å². The molecular weight excluding hydrogens is 616 g/mol. The molecule has 2 heterocycles. The van der Waals surface area contributed by atoms with Gasteiger partial charge in [-0.15, -0.1) is 0 Å². The number of β-amino-alcohol motifs (C(OH)–C–C–N with tert-alkyl or cyclic N) is 1. The van der Waals surface area contributed by atoms with Gasteiger partial charge in [-0.25, -0.2) is 0 Å². The number of hydrogen-bond donors (Lipinski definition) is 7. The summed E-state index contributed by atoms with van der Waals surface area (Å²) in [7, 11) is 0. The van der Waals surface area contributed by atoms with Crippen LogP contribution in [0.3, 0.4) is 0 Å². The highest BCUT2D eigenvalue weighted by atomic mass is 16.5. The largest absolute Gasteiger partial charge is 0.492 e. The fourth-order valence-corrected chi connectivity index (χ4v) is 5.39. The Bertz CT molecular complexity index is 1600. The van der Waals surface area contributed by atoms with Crippen LogP contribution >= 0.6 is 0 Å². The van der Waals surface area contributed by atoms with Crippen molar-refractivity contribution in [1.82, 2.24) is 21.3 Å². The SMILES string of the molecule is Nc1ccc(OCCNC2=NCC(Cc3ccccc3)CN2)cc1.Nc1ccc(OCCNC2=NCC(O)(Cc3ccccc3)CN2)cc1. The molecule has 11 nitrogen and oxygen atoms in total. The quantitative estimate of drug-likeness (QED) is 0.0890. The maximum absolute atomic E-state index is 10.7. The summed E-state index contributed by atoms with van der Waals surface area (Å²) in [5.41, 5.74) is 14.4. The van der Waals surface area contributed by atoms with Gasteiger partial charge in [0, 0.05) is 37.4 Å². The van der Waals surface area contributed by atoms with Crippen LogP contribution in [-0.4, -0.2) is 75.1 Å². The maximum Gasteiger partial charge on any atom is 0.191 e. The van der Waals surface area contributed by atoms with E-state index in [-0.39, 0.29) is 0 Å². The van der Waals surface area contributed by atoms with Crippen molar-refractivity contribution in [2.75, 3.05) is 63.9 Å². The highest BCUT2D eigenvalue weighted by Crippen LogP contribution is 2.17. The Labute approximate surface area is 288 Å². The number of anilines is 2. The normalized spacial score (nSPS) is 18.3. The number of aliphatic imine (C=N–C) groups is 2. The smallest absolute Gasteiger partial charge is 0.191 e. The van der Waals surface area contributed by atoms with Crippen LogP contribution in [0.2, 0.25) is 0 Å². The summed E-state index contributed by atoms with van der Waals surface area (Å²) in [5.74, 6) is 3.71. The van der Waals surface area contributed by atoms with Crippen molar-refractivity contribution < 1.29 is 14.6 Å². The van der Waals surface area contributed by atoms with E-state index >= 15 is 0 Å². The van der Waals surface area contributed by atoms with E-state index in [1.807, 2.05) is 78.9 Å². The first-order chi connectivity index (χ1) is 23.9. The zero-order valence-corrected chi connectivity index (χ0v) is 27.9. The first-order valence-electron chi connectivity index (χ1n) is 16.7. The molecule has 0 fully saturated rings. The van der Waals surface area contributed by atoms with Gasteiger partial charge in [0.2, 0.25) is 0 Å². The average molecular weight is 665 g/mol. The molecule has 0 bridgehead atoms. The lowest BCUT2D eigenvalue weighted by molar-refractivity contribution is 0.0497. The first-order valence-corrected chi connectivity index (χ1v) is 16.7. The van der Waals surface area contributed by atoms with Gasteiger partial charge in [0.1, 0.15) is 30.3 Å². The molecule has 11 heteroatoms. The molecule has 9 N–H and O–H groups in total. The molecule has 2 unspecified atom stereocenters. The summed E-state index contributed by atoms with van der Waals surface area (Å²) < 4.78 is 11.3. The van der Waals surface area contributed by atoms with Crippen LogP contribution in [0.1, 0.15) is 11.1 Å². The van der Waals surface area contributed by atoms with Crippen molar-refractivity contribution in [2.24, 2.45) is 15.9 Å². The van der Waals surface area contributed by atoms with E-state index in [1.54, 1.807) is 0 Å².